The molecule has 1 aliphatic heterocycles. The Morgan fingerprint density at radius 2 is 2.00 bits per heavy atom. The van der Waals surface area contributed by atoms with Crippen LogP contribution in [0.25, 0.3) is 0 Å². The third kappa shape index (κ3) is 2.49. The van der Waals surface area contributed by atoms with E-state index in [0.29, 0.717) is 28.4 Å². The second-order valence-corrected chi connectivity index (χ2v) is 6.62. The van der Waals surface area contributed by atoms with E-state index in [1.807, 2.05) is 12.1 Å². The smallest absolute Gasteiger partial charge is 0.231 e. The van der Waals surface area contributed by atoms with Crippen LogP contribution in [0.4, 0.5) is 0 Å². The number of hydrogen-bond acceptors (Lipinski definition) is 3. The van der Waals surface area contributed by atoms with E-state index in [0.717, 1.165) is 24.3 Å². The monoisotopic (exact) mass is 296 g/mol. The number of hydrogen-bond donors (Lipinski definition) is 1. The molecule has 3 nitrogen and oxygen atoms in total. The van der Waals surface area contributed by atoms with E-state index in [-0.39, 0.29) is 6.79 Å². The van der Waals surface area contributed by atoms with Crippen molar-refractivity contribution in [1.82, 2.24) is 0 Å². The molecule has 110 valence electrons. The van der Waals surface area contributed by atoms with Gasteiger partial charge < -0.3 is 14.6 Å². The molecule has 0 aromatic heterocycles. The Morgan fingerprint density at radius 3 is 2.75 bits per heavy atom. The van der Waals surface area contributed by atoms with Gasteiger partial charge >= 0.3 is 0 Å². The molecule has 1 aromatic rings. The van der Waals surface area contributed by atoms with Crippen molar-refractivity contribution >= 4 is 11.6 Å². The second kappa shape index (κ2) is 5.45. The van der Waals surface area contributed by atoms with Gasteiger partial charge in [0.1, 0.15) is 0 Å². The third-order valence-corrected chi connectivity index (χ3v) is 5.16. The summed E-state index contributed by atoms with van der Waals surface area (Å²) >= 11 is 6.19. The van der Waals surface area contributed by atoms with Gasteiger partial charge in [-0.15, -0.1) is 0 Å². The van der Waals surface area contributed by atoms with Gasteiger partial charge in [0.15, 0.2) is 11.5 Å². The second-order valence-electron chi connectivity index (χ2n) is 6.21. The van der Waals surface area contributed by atoms with E-state index in [2.05, 4.69) is 13.8 Å². The molecule has 20 heavy (non-hydrogen) atoms. The van der Waals surface area contributed by atoms with E-state index in [1.165, 1.54) is 6.42 Å². The zero-order chi connectivity index (χ0) is 14.3. The van der Waals surface area contributed by atoms with Crippen LogP contribution in [0.2, 0.25) is 5.02 Å². The quantitative estimate of drug-likeness (QED) is 0.890. The van der Waals surface area contributed by atoms with Crippen LogP contribution < -0.4 is 9.47 Å². The van der Waals surface area contributed by atoms with Crippen molar-refractivity contribution in [1.29, 1.82) is 0 Å². The zero-order valence-electron chi connectivity index (χ0n) is 11.9. The molecule has 1 aliphatic carbocycles. The van der Waals surface area contributed by atoms with Crippen LogP contribution in [-0.2, 0) is 0 Å². The number of fused-ring (bicyclic) bond motifs is 1. The van der Waals surface area contributed by atoms with Crippen molar-refractivity contribution in [3.8, 4) is 11.5 Å². The largest absolute Gasteiger partial charge is 0.454 e. The molecule has 1 N–H and O–H groups in total. The van der Waals surface area contributed by atoms with Gasteiger partial charge in [0.05, 0.1) is 11.1 Å². The van der Waals surface area contributed by atoms with Gasteiger partial charge in [-0.2, -0.15) is 0 Å². The Balaban J connectivity index is 1.81. The van der Waals surface area contributed by atoms with Crippen LogP contribution >= 0.6 is 11.6 Å². The summed E-state index contributed by atoms with van der Waals surface area (Å²) in [7, 11) is 0. The van der Waals surface area contributed by atoms with E-state index in [9.17, 15) is 5.11 Å². The van der Waals surface area contributed by atoms with E-state index in [4.69, 9.17) is 21.1 Å². The summed E-state index contributed by atoms with van der Waals surface area (Å²) in [5.41, 5.74) is 0.839. The highest BCUT2D eigenvalue weighted by Crippen LogP contribution is 2.45. The Kier molecular flexibility index (Phi) is 3.83. The lowest BCUT2D eigenvalue weighted by molar-refractivity contribution is 0.0560. The first-order valence-electron chi connectivity index (χ1n) is 7.33. The molecule has 4 heteroatoms. The standard InChI is InChI=1S/C16H21ClO3/c1-9-3-4-11(5-10(9)2)15(18)12-6-13(17)16-14(7-12)19-8-20-16/h6-7,9-11,15,18H,3-5,8H2,1-2H3. The van der Waals surface area contributed by atoms with Crippen LogP contribution in [0, 0.1) is 17.8 Å². The van der Waals surface area contributed by atoms with Gasteiger partial charge in [-0.3, -0.25) is 0 Å². The number of aliphatic hydroxyl groups excluding tert-OH is 1. The third-order valence-electron chi connectivity index (χ3n) is 4.88. The van der Waals surface area contributed by atoms with Crippen LogP contribution in [0.15, 0.2) is 12.1 Å². The molecule has 0 amide bonds. The average Bonchev–Trinajstić information content (AvgIpc) is 2.90. The molecule has 1 heterocycles. The fourth-order valence-corrected chi connectivity index (χ4v) is 3.58. The molecule has 1 saturated carbocycles. The minimum absolute atomic E-state index is 0.201. The molecule has 4 unspecified atom stereocenters. The summed E-state index contributed by atoms with van der Waals surface area (Å²) < 4.78 is 10.7. The average molecular weight is 297 g/mol. The zero-order valence-corrected chi connectivity index (χ0v) is 12.7. The highest BCUT2D eigenvalue weighted by atomic mass is 35.5. The maximum Gasteiger partial charge on any atom is 0.231 e. The Morgan fingerprint density at radius 1 is 1.20 bits per heavy atom. The summed E-state index contributed by atoms with van der Waals surface area (Å²) in [6, 6.07) is 3.67. The van der Waals surface area contributed by atoms with Gasteiger partial charge in [0.25, 0.3) is 0 Å². The first kappa shape index (κ1) is 14.0. The first-order valence-corrected chi connectivity index (χ1v) is 7.71. The predicted octanol–water partition coefficient (Wildman–Crippen LogP) is 4.17. The van der Waals surface area contributed by atoms with Crippen molar-refractivity contribution in [2.45, 2.75) is 39.2 Å². The van der Waals surface area contributed by atoms with Crippen LogP contribution in [0.1, 0.15) is 44.8 Å². The minimum atomic E-state index is -0.475. The van der Waals surface area contributed by atoms with Crippen molar-refractivity contribution in [2.75, 3.05) is 6.79 Å². The van der Waals surface area contributed by atoms with Crippen LogP contribution in [0.3, 0.4) is 0 Å². The first-order chi connectivity index (χ1) is 9.56. The molecule has 1 fully saturated rings. The summed E-state index contributed by atoms with van der Waals surface area (Å²) in [6.45, 7) is 4.77. The van der Waals surface area contributed by atoms with Crippen LogP contribution in [-0.4, -0.2) is 11.9 Å². The van der Waals surface area contributed by atoms with Gasteiger partial charge in [-0.25, -0.2) is 0 Å². The molecule has 3 rings (SSSR count). The molecule has 0 bridgehead atoms. The highest BCUT2D eigenvalue weighted by Gasteiger charge is 2.31. The molecule has 1 aromatic carbocycles. The molecule has 0 saturated heterocycles. The molecule has 0 spiro atoms. The number of halogens is 1. The molecule has 4 atom stereocenters. The molecular weight excluding hydrogens is 276 g/mol. The normalized spacial score (nSPS) is 30.3. The van der Waals surface area contributed by atoms with E-state index in [1.54, 1.807) is 0 Å². The van der Waals surface area contributed by atoms with Gasteiger partial charge in [-0.05, 0) is 48.3 Å². The lowest BCUT2D eigenvalue weighted by Gasteiger charge is -2.34. The lowest BCUT2D eigenvalue weighted by atomic mass is 9.73. The van der Waals surface area contributed by atoms with Crippen molar-refractivity contribution < 1.29 is 14.6 Å². The fourth-order valence-electron chi connectivity index (χ4n) is 3.31. The number of benzene rings is 1. The summed E-state index contributed by atoms with van der Waals surface area (Å²) in [6.07, 6.45) is 2.84. The lowest BCUT2D eigenvalue weighted by Crippen LogP contribution is -2.25. The number of ether oxygens (including phenoxy) is 2. The van der Waals surface area contributed by atoms with Gasteiger partial charge in [0, 0.05) is 0 Å². The van der Waals surface area contributed by atoms with Crippen molar-refractivity contribution in [2.24, 2.45) is 17.8 Å². The summed E-state index contributed by atoms with van der Waals surface area (Å²) in [4.78, 5) is 0. The van der Waals surface area contributed by atoms with E-state index < -0.39 is 6.10 Å². The molecular formula is C16H21ClO3. The van der Waals surface area contributed by atoms with E-state index >= 15 is 0 Å². The number of rotatable bonds is 2. The van der Waals surface area contributed by atoms with Crippen molar-refractivity contribution in [3.05, 3.63) is 22.7 Å². The Bertz CT molecular complexity index is 503. The van der Waals surface area contributed by atoms with Crippen LogP contribution in [0.5, 0.6) is 11.5 Å². The SMILES string of the molecule is CC1CCC(C(O)c2cc(Cl)c3c(c2)OCO3)CC1C. The maximum absolute atomic E-state index is 10.7. The van der Waals surface area contributed by atoms with Crippen molar-refractivity contribution in [3.63, 3.8) is 0 Å². The van der Waals surface area contributed by atoms with Gasteiger partial charge in [-0.1, -0.05) is 31.9 Å². The summed E-state index contributed by atoms with van der Waals surface area (Å²) in [5.74, 6) is 2.95. The Hall–Kier alpha value is -0.930. The fraction of sp³-hybridized carbons (Fsp3) is 0.625. The summed E-state index contributed by atoms with van der Waals surface area (Å²) in [5, 5.41) is 11.2. The predicted molar refractivity (Wildman–Crippen MR) is 78.2 cm³/mol. The number of aliphatic hydroxyl groups is 1. The highest BCUT2D eigenvalue weighted by molar-refractivity contribution is 6.32. The Labute approximate surface area is 124 Å². The minimum Gasteiger partial charge on any atom is -0.454 e. The topological polar surface area (TPSA) is 38.7 Å². The maximum atomic E-state index is 10.7. The molecule has 2 aliphatic rings. The van der Waals surface area contributed by atoms with Gasteiger partial charge in [0.2, 0.25) is 6.79 Å². The molecule has 0 radical (unpaired) electrons.